The second-order valence-electron chi connectivity index (χ2n) is 3.10. The SMILES string of the molecule is Cc1ccc([N+](=O)[O-])cc1OCCCCl. The zero-order valence-corrected chi connectivity index (χ0v) is 9.16. The third-order valence-corrected chi connectivity index (χ3v) is 2.19. The molecular weight excluding hydrogens is 218 g/mol. The summed E-state index contributed by atoms with van der Waals surface area (Å²) in [4.78, 5) is 10.1. The van der Waals surface area contributed by atoms with E-state index >= 15 is 0 Å². The minimum absolute atomic E-state index is 0.0430. The van der Waals surface area contributed by atoms with Crippen LogP contribution in [0, 0.1) is 17.0 Å². The van der Waals surface area contributed by atoms with Crippen molar-refractivity contribution >= 4 is 17.3 Å². The zero-order valence-electron chi connectivity index (χ0n) is 8.40. The smallest absolute Gasteiger partial charge is 0.273 e. The van der Waals surface area contributed by atoms with E-state index in [0.717, 1.165) is 12.0 Å². The summed E-state index contributed by atoms with van der Waals surface area (Å²) in [6.45, 7) is 2.32. The normalized spacial score (nSPS) is 10.0. The summed E-state index contributed by atoms with van der Waals surface area (Å²) >= 11 is 5.50. The Morgan fingerprint density at radius 1 is 1.53 bits per heavy atom. The monoisotopic (exact) mass is 229 g/mol. The summed E-state index contributed by atoms with van der Waals surface area (Å²) in [6, 6.07) is 4.57. The number of nitrogens with zero attached hydrogens (tertiary/aromatic N) is 1. The van der Waals surface area contributed by atoms with E-state index < -0.39 is 4.92 Å². The second kappa shape index (κ2) is 5.56. The van der Waals surface area contributed by atoms with Crippen molar-refractivity contribution in [2.75, 3.05) is 12.5 Å². The lowest BCUT2D eigenvalue weighted by molar-refractivity contribution is -0.384. The molecule has 0 amide bonds. The molecule has 0 aromatic heterocycles. The van der Waals surface area contributed by atoms with Crippen LogP contribution in [-0.2, 0) is 0 Å². The summed E-state index contributed by atoms with van der Waals surface area (Å²) < 4.78 is 5.38. The number of non-ortho nitro benzene ring substituents is 1. The van der Waals surface area contributed by atoms with E-state index in [1.165, 1.54) is 12.1 Å². The predicted molar refractivity (Wildman–Crippen MR) is 58.7 cm³/mol. The molecule has 0 aliphatic carbocycles. The van der Waals surface area contributed by atoms with E-state index in [1.807, 2.05) is 6.92 Å². The second-order valence-corrected chi connectivity index (χ2v) is 3.48. The van der Waals surface area contributed by atoms with Gasteiger partial charge in [-0.25, -0.2) is 0 Å². The number of nitro groups is 1. The van der Waals surface area contributed by atoms with Gasteiger partial charge in [0, 0.05) is 11.9 Å². The van der Waals surface area contributed by atoms with E-state index in [1.54, 1.807) is 6.07 Å². The van der Waals surface area contributed by atoms with Crippen LogP contribution in [0.3, 0.4) is 0 Å². The quantitative estimate of drug-likeness (QED) is 0.338. The Hall–Kier alpha value is -1.29. The molecule has 5 heteroatoms. The van der Waals surface area contributed by atoms with Gasteiger partial charge < -0.3 is 4.74 Å². The van der Waals surface area contributed by atoms with Crippen LogP contribution >= 0.6 is 11.6 Å². The van der Waals surface area contributed by atoms with Crippen LogP contribution < -0.4 is 4.74 Å². The Kier molecular flexibility index (Phi) is 4.37. The number of halogens is 1. The maximum atomic E-state index is 10.5. The van der Waals surface area contributed by atoms with Crippen LogP contribution in [0.4, 0.5) is 5.69 Å². The highest BCUT2D eigenvalue weighted by Crippen LogP contribution is 2.24. The van der Waals surface area contributed by atoms with Gasteiger partial charge in [0.15, 0.2) is 0 Å². The summed E-state index contributed by atoms with van der Waals surface area (Å²) in [5.41, 5.74) is 0.927. The highest BCUT2D eigenvalue weighted by Gasteiger charge is 2.09. The highest BCUT2D eigenvalue weighted by molar-refractivity contribution is 6.17. The number of ether oxygens (including phenoxy) is 1. The number of rotatable bonds is 5. The summed E-state index contributed by atoms with van der Waals surface area (Å²) in [5, 5.41) is 10.5. The lowest BCUT2D eigenvalue weighted by atomic mass is 10.2. The third-order valence-electron chi connectivity index (χ3n) is 1.92. The Bertz CT molecular complexity index is 355. The van der Waals surface area contributed by atoms with Crippen LogP contribution in [0.25, 0.3) is 0 Å². The molecule has 0 aliphatic rings. The van der Waals surface area contributed by atoms with E-state index in [-0.39, 0.29) is 5.69 Å². The van der Waals surface area contributed by atoms with Crippen molar-refractivity contribution in [3.8, 4) is 5.75 Å². The molecule has 15 heavy (non-hydrogen) atoms. The summed E-state index contributed by atoms with van der Waals surface area (Å²) in [7, 11) is 0. The first-order valence-electron chi connectivity index (χ1n) is 4.59. The lowest BCUT2D eigenvalue weighted by Gasteiger charge is -2.07. The first-order chi connectivity index (χ1) is 7.15. The zero-order chi connectivity index (χ0) is 11.3. The van der Waals surface area contributed by atoms with Crippen molar-refractivity contribution < 1.29 is 9.66 Å². The fourth-order valence-corrected chi connectivity index (χ4v) is 1.20. The molecule has 1 aromatic carbocycles. The first-order valence-corrected chi connectivity index (χ1v) is 5.12. The molecule has 0 fully saturated rings. The predicted octanol–water partition coefficient (Wildman–Crippen LogP) is 2.91. The Morgan fingerprint density at radius 3 is 2.87 bits per heavy atom. The van der Waals surface area contributed by atoms with Gasteiger partial charge in [-0.15, -0.1) is 11.6 Å². The molecule has 0 N–H and O–H groups in total. The van der Waals surface area contributed by atoms with Gasteiger partial charge in [-0.2, -0.15) is 0 Å². The summed E-state index contributed by atoms with van der Waals surface area (Å²) in [6.07, 6.45) is 0.726. The Balaban J connectivity index is 2.76. The van der Waals surface area contributed by atoms with Crippen LogP contribution in [0.5, 0.6) is 5.75 Å². The van der Waals surface area contributed by atoms with Gasteiger partial charge in [-0.1, -0.05) is 0 Å². The van der Waals surface area contributed by atoms with Crippen molar-refractivity contribution in [3.63, 3.8) is 0 Å². The maximum Gasteiger partial charge on any atom is 0.273 e. The van der Waals surface area contributed by atoms with E-state index in [0.29, 0.717) is 18.2 Å². The van der Waals surface area contributed by atoms with Gasteiger partial charge in [-0.05, 0) is 25.0 Å². The molecule has 0 saturated heterocycles. The molecule has 0 radical (unpaired) electrons. The van der Waals surface area contributed by atoms with Gasteiger partial charge in [0.2, 0.25) is 0 Å². The van der Waals surface area contributed by atoms with Crippen molar-refractivity contribution in [1.82, 2.24) is 0 Å². The molecule has 0 spiro atoms. The average Bonchev–Trinajstić information content (AvgIpc) is 2.20. The first kappa shape index (κ1) is 11.8. The van der Waals surface area contributed by atoms with Gasteiger partial charge >= 0.3 is 0 Å². The van der Waals surface area contributed by atoms with E-state index in [2.05, 4.69) is 0 Å². The molecule has 82 valence electrons. The number of nitro benzene ring substituents is 1. The Morgan fingerprint density at radius 2 is 2.27 bits per heavy atom. The maximum absolute atomic E-state index is 10.5. The van der Waals surface area contributed by atoms with Crippen LogP contribution in [0.2, 0.25) is 0 Å². The highest BCUT2D eigenvalue weighted by atomic mass is 35.5. The van der Waals surface area contributed by atoms with Crippen LogP contribution in [0.1, 0.15) is 12.0 Å². The number of hydrogen-bond acceptors (Lipinski definition) is 3. The third kappa shape index (κ3) is 3.40. The molecule has 0 atom stereocenters. The standard InChI is InChI=1S/C10H12ClNO3/c1-8-3-4-9(12(13)14)7-10(8)15-6-2-5-11/h3-4,7H,2,5-6H2,1H3. The Labute approximate surface area is 93.0 Å². The minimum atomic E-state index is -0.437. The minimum Gasteiger partial charge on any atom is -0.493 e. The van der Waals surface area contributed by atoms with E-state index in [9.17, 15) is 10.1 Å². The molecule has 4 nitrogen and oxygen atoms in total. The molecule has 1 aromatic rings. The number of aryl methyl sites for hydroxylation is 1. The van der Waals surface area contributed by atoms with Gasteiger partial charge in [0.05, 0.1) is 17.6 Å². The molecule has 0 unspecified atom stereocenters. The number of alkyl halides is 1. The number of hydrogen-bond donors (Lipinski definition) is 0. The molecule has 0 bridgehead atoms. The molecule has 0 saturated carbocycles. The van der Waals surface area contributed by atoms with Crippen molar-refractivity contribution in [2.24, 2.45) is 0 Å². The van der Waals surface area contributed by atoms with Crippen molar-refractivity contribution in [1.29, 1.82) is 0 Å². The van der Waals surface area contributed by atoms with Crippen LogP contribution in [-0.4, -0.2) is 17.4 Å². The van der Waals surface area contributed by atoms with E-state index in [4.69, 9.17) is 16.3 Å². The molecular formula is C10H12ClNO3. The van der Waals surface area contributed by atoms with Gasteiger partial charge in [-0.3, -0.25) is 10.1 Å². The fraction of sp³-hybridized carbons (Fsp3) is 0.400. The molecule has 1 rings (SSSR count). The van der Waals surface area contributed by atoms with Crippen LogP contribution in [0.15, 0.2) is 18.2 Å². The fourth-order valence-electron chi connectivity index (χ4n) is 1.09. The van der Waals surface area contributed by atoms with Gasteiger partial charge in [0.25, 0.3) is 5.69 Å². The molecule has 0 aliphatic heterocycles. The molecule has 0 heterocycles. The lowest BCUT2D eigenvalue weighted by Crippen LogP contribution is -2.00. The average molecular weight is 230 g/mol. The largest absolute Gasteiger partial charge is 0.493 e. The van der Waals surface area contributed by atoms with Gasteiger partial charge in [0.1, 0.15) is 5.75 Å². The summed E-state index contributed by atoms with van der Waals surface area (Å²) in [5.74, 6) is 1.07. The van der Waals surface area contributed by atoms with Crippen molar-refractivity contribution in [2.45, 2.75) is 13.3 Å². The number of benzene rings is 1. The van der Waals surface area contributed by atoms with Crippen molar-refractivity contribution in [3.05, 3.63) is 33.9 Å². The topological polar surface area (TPSA) is 52.4 Å².